The zero-order chi connectivity index (χ0) is 16.5. The summed E-state index contributed by atoms with van der Waals surface area (Å²) in [5.41, 5.74) is 9.43. The molecule has 22 heavy (non-hydrogen) atoms. The van der Waals surface area contributed by atoms with Crippen LogP contribution in [0.1, 0.15) is 18.4 Å². The van der Waals surface area contributed by atoms with E-state index in [1.54, 1.807) is 24.3 Å². The summed E-state index contributed by atoms with van der Waals surface area (Å²) in [5.74, 6) is -3.43. The fraction of sp³-hybridized carbons (Fsp3) is 0.400. The Balaban J connectivity index is 2.23. The molecule has 0 spiro atoms. The first-order valence-electron chi connectivity index (χ1n) is 6.81. The number of carbonyl (C=O) groups is 3. The van der Waals surface area contributed by atoms with Gasteiger partial charge in [0.05, 0.1) is 12.5 Å². The number of carboxylic acids is 2. The molecule has 0 heterocycles. The predicted octanol–water partition coefficient (Wildman–Crippen LogP) is -0.228. The van der Waals surface area contributed by atoms with E-state index in [9.17, 15) is 19.5 Å². The minimum atomic E-state index is -1.81. The van der Waals surface area contributed by atoms with Gasteiger partial charge < -0.3 is 21.7 Å². The van der Waals surface area contributed by atoms with E-state index < -0.39 is 41.1 Å². The van der Waals surface area contributed by atoms with Gasteiger partial charge in [-0.25, -0.2) is 0 Å². The molecule has 118 valence electrons. The van der Waals surface area contributed by atoms with Crippen LogP contribution in [0.2, 0.25) is 0 Å². The molecule has 0 saturated heterocycles. The quantitative estimate of drug-likeness (QED) is 0.509. The second-order valence-corrected chi connectivity index (χ2v) is 5.77. The van der Waals surface area contributed by atoms with Crippen LogP contribution in [0.3, 0.4) is 0 Å². The van der Waals surface area contributed by atoms with Crippen LogP contribution >= 0.6 is 0 Å². The van der Waals surface area contributed by atoms with Crippen LogP contribution in [-0.2, 0) is 20.8 Å². The van der Waals surface area contributed by atoms with Gasteiger partial charge in [0.15, 0.2) is 5.78 Å². The summed E-state index contributed by atoms with van der Waals surface area (Å²) in [6.45, 7) is 0. The van der Waals surface area contributed by atoms with Crippen molar-refractivity contribution < 1.29 is 24.6 Å². The van der Waals surface area contributed by atoms with Crippen LogP contribution in [0.5, 0.6) is 0 Å². The van der Waals surface area contributed by atoms with Crippen molar-refractivity contribution in [2.24, 2.45) is 16.9 Å². The monoisotopic (exact) mass is 306 g/mol. The molecule has 0 amide bonds. The lowest BCUT2D eigenvalue weighted by Gasteiger charge is -2.21. The third-order valence-corrected chi connectivity index (χ3v) is 4.18. The summed E-state index contributed by atoms with van der Waals surface area (Å²) in [4.78, 5) is 34.7. The largest absolute Gasteiger partial charge is 0.481 e. The molecule has 0 bridgehead atoms. The summed E-state index contributed by atoms with van der Waals surface area (Å²) < 4.78 is 0. The van der Waals surface area contributed by atoms with Gasteiger partial charge in [-0.1, -0.05) is 30.3 Å². The Labute approximate surface area is 126 Å². The Morgan fingerprint density at radius 3 is 2.27 bits per heavy atom. The van der Waals surface area contributed by atoms with E-state index in [0.29, 0.717) is 0 Å². The fourth-order valence-corrected chi connectivity index (χ4v) is 2.93. The number of ketones is 1. The minimum Gasteiger partial charge on any atom is -0.481 e. The molecule has 1 aromatic rings. The summed E-state index contributed by atoms with van der Waals surface area (Å²) >= 11 is 0. The first-order chi connectivity index (χ1) is 10.2. The number of rotatable bonds is 7. The number of carbonyl (C=O) groups excluding carboxylic acids is 1. The SMILES string of the molecule is N[C@@H](CC(=O)O)C(=O)C1(C(=O)O)CC1(N)Cc1ccccc1. The normalized spacial score (nSPS) is 27.9. The van der Waals surface area contributed by atoms with E-state index in [4.69, 9.17) is 16.6 Å². The summed E-state index contributed by atoms with van der Waals surface area (Å²) in [7, 11) is 0. The molecule has 1 aliphatic carbocycles. The molecule has 2 rings (SSSR count). The third kappa shape index (κ3) is 2.60. The Bertz CT molecular complexity index is 618. The van der Waals surface area contributed by atoms with Crippen LogP contribution in [-0.4, -0.2) is 39.5 Å². The van der Waals surface area contributed by atoms with E-state index in [2.05, 4.69) is 0 Å². The Morgan fingerprint density at radius 1 is 1.18 bits per heavy atom. The molecule has 0 radical (unpaired) electrons. The molecule has 7 heteroatoms. The first-order valence-corrected chi connectivity index (χ1v) is 6.81. The van der Waals surface area contributed by atoms with E-state index in [1.807, 2.05) is 6.07 Å². The molecular weight excluding hydrogens is 288 g/mol. The number of nitrogens with two attached hydrogens (primary N) is 2. The van der Waals surface area contributed by atoms with E-state index in [1.165, 1.54) is 0 Å². The number of carboxylic acid groups (broad SMARTS) is 2. The number of Topliss-reactive ketones (excluding diaryl/α,β-unsaturated/α-hetero) is 1. The average Bonchev–Trinajstić information content (AvgIpc) is 3.05. The van der Waals surface area contributed by atoms with Crippen molar-refractivity contribution in [2.75, 3.05) is 0 Å². The highest BCUT2D eigenvalue weighted by molar-refractivity contribution is 6.11. The maximum Gasteiger partial charge on any atom is 0.319 e. The highest BCUT2D eigenvalue weighted by atomic mass is 16.4. The number of hydrogen-bond acceptors (Lipinski definition) is 5. The second-order valence-electron chi connectivity index (χ2n) is 5.77. The molecule has 1 aliphatic rings. The van der Waals surface area contributed by atoms with Gasteiger partial charge in [-0.2, -0.15) is 0 Å². The van der Waals surface area contributed by atoms with Crippen LogP contribution in [0.4, 0.5) is 0 Å². The van der Waals surface area contributed by atoms with Crippen LogP contribution < -0.4 is 11.5 Å². The smallest absolute Gasteiger partial charge is 0.319 e. The highest BCUT2D eigenvalue weighted by Crippen LogP contribution is 2.57. The molecule has 7 nitrogen and oxygen atoms in total. The lowest BCUT2D eigenvalue weighted by atomic mass is 9.86. The molecule has 1 fully saturated rings. The van der Waals surface area contributed by atoms with Crippen molar-refractivity contribution in [1.29, 1.82) is 0 Å². The summed E-state index contributed by atoms with van der Waals surface area (Å²) in [6, 6.07) is 7.61. The van der Waals surface area contributed by atoms with Crippen molar-refractivity contribution in [3.05, 3.63) is 35.9 Å². The molecule has 3 atom stereocenters. The van der Waals surface area contributed by atoms with Gasteiger partial charge in [0.25, 0.3) is 0 Å². The topological polar surface area (TPSA) is 144 Å². The van der Waals surface area contributed by atoms with Gasteiger partial charge in [-0.15, -0.1) is 0 Å². The maximum absolute atomic E-state index is 12.4. The van der Waals surface area contributed by atoms with Crippen molar-refractivity contribution in [3.8, 4) is 0 Å². The maximum atomic E-state index is 12.4. The average molecular weight is 306 g/mol. The highest BCUT2D eigenvalue weighted by Gasteiger charge is 2.75. The van der Waals surface area contributed by atoms with Crippen molar-refractivity contribution >= 4 is 17.7 Å². The van der Waals surface area contributed by atoms with E-state index >= 15 is 0 Å². The van der Waals surface area contributed by atoms with Crippen LogP contribution in [0.25, 0.3) is 0 Å². The number of hydrogen-bond donors (Lipinski definition) is 4. The lowest BCUT2D eigenvalue weighted by Crippen LogP contribution is -2.49. The number of aliphatic carboxylic acids is 2. The van der Waals surface area contributed by atoms with Crippen molar-refractivity contribution in [1.82, 2.24) is 0 Å². The molecule has 0 aliphatic heterocycles. The predicted molar refractivity (Wildman–Crippen MR) is 77.0 cm³/mol. The fourth-order valence-electron chi connectivity index (χ4n) is 2.93. The molecule has 1 saturated carbocycles. The van der Waals surface area contributed by atoms with Gasteiger partial charge in [0.1, 0.15) is 5.41 Å². The standard InChI is InChI=1S/C15H18N2O5/c16-10(6-11(18)19)12(20)15(13(21)22)8-14(15,17)7-9-4-2-1-3-5-9/h1-5,10H,6-8,16-17H2,(H,18,19)(H,21,22)/t10-,14?,15?/m0/s1. The second kappa shape index (κ2) is 5.51. The zero-order valence-electron chi connectivity index (χ0n) is 11.9. The van der Waals surface area contributed by atoms with E-state index in [-0.39, 0.29) is 12.8 Å². The van der Waals surface area contributed by atoms with Crippen molar-refractivity contribution in [3.63, 3.8) is 0 Å². The third-order valence-electron chi connectivity index (χ3n) is 4.18. The van der Waals surface area contributed by atoms with Crippen LogP contribution in [0, 0.1) is 5.41 Å². The van der Waals surface area contributed by atoms with Gasteiger partial charge in [-0.05, 0) is 18.4 Å². The van der Waals surface area contributed by atoms with Crippen LogP contribution in [0.15, 0.2) is 30.3 Å². The summed E-state index contributed by atoms with van der Waals surface area (Å²) in [6.07, 6.45) is -0.447. The molecular formula is C15H18N2O5. The molecule has 6 N–H and O–H groups in total. The minimum absolute atomic E-state index is 0.0453. The van der Waals surface area contributed by atoms with Gasteiger partial charge >= 0.3 is 11.9 Å². The summed E-state index contributed by atoms with van der Waals surface area (Å²) in [5, 5.41) is 18.2. The Hall–Kier alpha value is -2.25. The Kier molecular flexibility index (Phi) is 4.04. The van der Waals surface area contributed by atoms with Gasteiger partial charge in [0.2, 0.25) is 0 Å². The first kappa shape index (κ1) is 16.1. The van der Waals surface area contributed by atoms with Crippen molar-refractivity contribution in [2.45, 2.75) is 30.8 Å². The van der Waals surface area contributed by atoms with Gasteiger partial charge in [-0.3, -0.25) is 14.4 Å². The molecule has 1 aromatic carbocycles. The van der Waals surface area contributed by atoms with Gasteiger partial charge in [0, 0.05) is 5.54 Å². The lowest BCUT2D eigenvalue weighted by molar-refractivity contribution is -0.151. The zero-order valence-corrected chi connectivity index (χ0v) is 11.9. The van der Waals surface area contributed by atoms with E-state index in [0.717, 1.165) is 5.56 Å². The molecule has 2 unspecified atom stereocenters. The number of benzene rings is 1. The molecule has 0 aromatic heterocycles. The Morgan fingerprint density at radius 2 is 1.77 bits per heavy atom.